The molecule has 3 N–H and O–H groups in total. The van der Waals surface area contributed by atoms with Gasteiger partial charge in [0.05, 0.1) is 42.3 Å². The molecular weight excluding hydrogens is 481 g/mol. The summed E-state index contributed by atoms with van der Waals surface area (Å²) in [6.45, 7) is 1.93. The van der Waals surface area contributed by atoms with Gasteiger partial charge in [0.15, 0.2) is 0 Å². The lowest BCUT2D eigenvalue weighted by molar-refractivity contribution is -0.131. The molecular formula is C27H28FN3O6. The second kappa shape index (κ2) is 9.77. The van der Waals surface area contributed by atoms with Crippen molar-refractivity contribution in [2.45, 2.75) is 58.1 Å². The van der Waals surface area contributed by atoms with Gasteiger partial charge < -0.3 is 29.6 Å². The fourth-order valence-corrected chi connectivity index (χ4v) is 5.23. The zero-order valence-corrected chi connectivity index (χ0v) is 20.6. The van der Waals surface area contributed by atoms with Crippen molar-refractivity contribution < 1.29 is 28.9 Å². The van der Waals surface area contributed by atoms with Gasteiger partial charge in [-0.2, -0.15) is 0 Å². The number of nitrogens with one attached hydrogen (secondary N) is 1. The summed E-state index contributed by atoms with van der Waals surface area (Å²) in [5, 5.41) is 23.8. The topological polar surface area (TPSA) is 131 Å². The molecule has 1 atom stereocenters. The predicted octanol–water partition coefficient (Wildman–Crippen LogP) is 2.03. The average molecular weight is 510 g/mol. The van der Waals surface area contributed by atoms with E-state index in [1.807, 2.05) is 0 Å². The fraction of sp³-hybridized carbons (Fsp3) is 0.407. The minimum absolute atomic E-state index is 0.0450. The molecule has 1 amide bonds. The van der Waals surface area contributed by atoms with Crippen molar-refractivity contribution in [3.63, 3.8) is 0 Å². The van der Waals surface area contributed by atoms with E-state index in [1.165, 1.54) is 17.7 Å². The molecule has 0 radical (unpaired) electrons. The Kier molecular flexibility index (Phi) is 6.65. The molecule has 1 saturated carbocycles. The molecule has 0 saturated heterocycles. The van der Waals surface area contributed by atoms with Crippen LogP contribution >= 0.6 is 0 Å². The Morgan fingerprint density at radius 1 is 1.32 bits per heavy atom. The highest BCUT2D eigenvalue weighted by Gasteiger charge is 2.34. The van der Waals surface area contributed by atoms with Crippen molar-refractivity contribution in [3.8, 4) is 11.4 Å². The summed E-state index contributed by atoms with van der Waals surface area (Å²) in [6.07, 6.45) is -0.421. The van der Waals surface area contributed by atoms with E-state index in [2.05, 4.69) is 5.32 Å². The van der Waals surface area contributed by atoms with E-state index < -0.39 is 18.0 Å². The van der Waals surface area contributed by atoms with Gasteiger partial charge in [-0.1, -0.05) is 0 Å². The molecule has 9 nitrogen and oxygen atoms in total. The summed E-state index contributed by atoms with van der Waals surface area (Å²) in [5.41, 5.74) is 3.31. The number of amides is 1. The fourth-order valence-electron chi connectivity index (χ4n) is 5.23. The third-order valence-corrected chi connectivity index (χ3v) is 7.37. The summed E-state index contributed by atoms with van der Waals surface area (Å²) >= 11 is 0. The molecule has 2 aliphatic rings. The lowest BCUT2D eigenvalue weighted by atomic mass is 9.82. The van der Waals surface area contributed by atoms with Crippen LogP contribution < -0.4 is 10.9 Å². The number of carbonyl (C=O) groups excluding carboxylic acids is 2. The molecule has 1 aliphatic carbocycles. The number of methoxy groups -OCH3 is 1. The number of aromatic nitrogens is 2. The van der Waals surface area contributed by atoms with E-state index in [-0.39, 0.29) is 54.6 Å². The second-order valence-electron chi connectivity index (χ2n) is 9.78. The van der Waals surface area contributed by atoms with Gasteiger partial charge in [-0.25, -0.2) is 9.37 Å². The molecule has 3 heterocycles. The molecule has 5 rings (SSSR count). The molecule has 0 bridgehead atoms. The smallest absolute Gasteiger partial charge is 0.257 e. The van der Waals surface area contributed by atoms with Crippen LogP contribution in [0.4, 0.5) is 4.39 Å². The standard InChI is InChI=1S/C27H28FN3O6/c1-13-5-16-18(10-29-26(35)14-6-15(33)7-14)19-11-31-23(25(19)30-22(16)9-21(13)28)8-17(24(34)3-4-32)20(12-37-2)27(31)36/h4-5,8-9,14-15,24,33-34H,3,6-7,10-12H2,1-2H3,(H,29,35). The number of aliphatic hydroxyl groups is 2. The van der Waals surface area contributed by atoms with Crippen molar-refractivity contribution in [3.05, 3.63) is 62.2 Å². The van der Waals surface area contributed by atoms with Crippen LogP contribution in [0.1, 0.15) is 53.2 Å². The van der Waals surface area contributed by atoms with Gasteiger partial charge >= 0.3 is 0 Å². The molecule has 3 aromatic rings. The Hall–Kier alpha value is -3.47. The number of fused-ring (bicyclic) bond motifs is 4. The lowest BCUT2D eigenvalue weighted by Crippen LogP contribution is -2.41. The number of pyridine rings is 2. The van der Waals surface area contributed by atoms with Crippen LogP contribution in [-0.2, 0) is 34.0 Å². The van der Waals surface area contributed by atoms with E-state index in [0.717, 1.165) is 11.1 Å². The quantitative estimate of drug-likeness (QED) is 0.310. The summed E-state index contributed by atoms with van der Waals surface area (Å²) in [6, 6.07) is 4.66. The molecule has 1 unspecified atom stereocenters. The maximum Gasteiger partial charge on any atom is 0.257 e. The van der Waals surface area contributed by atoms with E-state index in [1.54, 1.807) is 19.1 Å². The Labute approximate surface area is 211 Å². The Bertz CT molecular complexity index is 1480. The lowest BCUT2D eigenvalue weighted by Gasteiger charge is -2.30. The maximum absolute atomic E-state index is 14.5. The average Bonchev–Trinajstić information content (AvgIpc) is 3.21. The van der Waals surface area contributed by atoms with Crippen LogP contribution in [0.25, 0.3) is 22.3 Å². The number of ether oxygens (including phenoxy) is 1. The first-order valence-electron chi connectivity index (χ1n) is 12.2. The highest BCUT2D eigenvalue weighted by atomic mass is 19.1. The van der Waals surface area contributed by atoms with Crippen molar-refractivity contribution in [1.82, 2.24) is 14.9 Å². The normalized spacial score (nSPS) is 18.7. The van der Waals surface area contributed by atoms with Crippen LogP contribution in [0, 0.1) is 18.7 Å². The SMILES string of the molecule is COCc1c(C(O)CC=O)cc2n(c1=O)Cc1c-2nc2cc(F)c(C)cc2c1CNC(=O)C1CC(O)C1. The number of hydrogen-bond acceptors (Lipinski definition) is 7. The molecule has 194 valence electrons. The summed E-state index contributed by atoms with van der Waals surface area (Å²) < 4.78 is 21.3. The number of halogens is 1. The van der Waals surface area contributed by atoms with E-state index in [4.69, 9.17) is 9.72 Å². The van der Waals surface area contributed by atoms with Gasteiger partial charge in [0.2, 0.25) is 5.91 Å². The molecule has 1 fully saturated rings. The van der Waals surface area contributed by atoms with Crippen LogP contribution in [0.15, 0.2) is 23.0 Å². The molecule has 37 heavy (non-hydrogen) atoms. The molecule has 0 spiro atoms. The van der Waals surface area contributed by atoms with Crippen molar-refractivity contribution >= 4 is 23.1 Å². The van der Waals surface area contributed by atoms with E-state index in [9.17, 15) is 29.0 Å². The third-order valence-electron chi connectivity index (χ3n) is 7.37. The number of aryl methyl sites for hydroxylation is 1. The van der Waals surface area contributed by atoms with Crippen molar-refractivity contribution in [2.75, 3.05) is 7.11 Å². The largest absolute Gasteiger partial charge is 0.393 e. The van der Waals surface area contributed by atoms with E-state index in [0.29, 0.717) is 47.0 Å². The van der Waals surface area contributed by atoms with Crippen LogP contribution in [-0.4, -0.2) is 45.2 Å². The van der Waals surface area contributed by atoms with Gasteiger partial charge in [-0.05, 0) is 48.6 Å². The monoisotopic (exact) mass is 509 g/mol. The summed E-state index contributed by atoms with van der Waals surface area (Å²) in [4.78, 5) is 41.9. The first kappa shape index (κ1) is 25.2. The zero-order valence-electron chi connectivity index (χ0n) is 20.6. The van der Waals surface area contributed by atoms with Crippen molar-refractivity contribution in [1.29, 1.82) is 0 Å². The Morgan fingerprint density at radius 2 is 2.08 bits per heavy atom. The van der Waals surface area contributed by atoms with Gasteiger partial charge in [0.25, 0.3) is 5.56 Å². The predicted molar refractivity (Wildman–Crippen MR) is 132 cm³/mol. The Morgan fingerprint density at radius 3 is 2.76 bits per heavy atom. The zero-order chi connectivity index (χ0) is 26.4. The second-order valence-corrected chi connectivity index (χ2v) is 9.78. The number of aldehydes is 1. The van der Waals surface area contributed by atoms with Gasteiger partial charge in [-0.15, -0.1) is 0 Å². The van der Waals surface area contributed by atoms with Gasteiger partial charge in [0, 0.05) is 48.6 Å². The first-order chi connectivity index (χ1) is 17.7. The highest BCUT2D eigenvalue weighted by Crippen LogP contribution is 2.38. The third kappa shape index (κ3) is 4.35. The number of hydrogen-bond donors (Lipinski definition) is 3. The van der Waals surface area contributed by atoms with Crippen LogP contribution in [0.3, 0.4) is 0 Å². The Balaban J connectivity index is 1.66. The van der Waals surface area contributed by atoms with Crippen LogP contribution in [0.2, 0.25) is 0 Å². The number of rotatable bonds is 8. The molecule has 2 aromatic heterocycles. The number of carbonyl (C=O) groups is 2. The summed E-state index contributed by atoms with van der Waals surface area (Å²) in [7, 11) is 1.44. The van der Waals surface area contributed by atoms with Crippen molar-refractivity contribution in [2.24, 2.45) is 5.92 Å². The van der Waals surface area contributed by atoms with Gasteiger partial charge in [0.1, 0.15) is 12.1 Å². The molecule has 10 heteroatoms. The van der Waals surface area contributed by atoms with Gasteiger partial charge in [-0.3, -0.25) is 9.59 Å². The maximum atomic E-state index is 14.5. The van der Waals surface area contributed by atoms with Crippen LogP contribution in [0.5, 0.6) is 0 Å². The number of aliphatic hydroxyl groups excluding tert-OH is 2. The molecule has 1 aromatic carbocycles. The number of nitrogens with zero attached hydrogens (tertiary/aromatic N) is 2. The van der Waals surface area contributed by atoms with E-state index >= 15 is 0 Å². The number of benzene rings is 1. The minimum Gasteiger partial charge on any atom is -0.393 e. The first-order valence-corrected chi connectivity index (χ1v) is 12.2. The summed E-state index contributed by atoms with van der Waals surface area (Å²) in [5.74, 6) is -0.850. The molecule has 1 aliphatic heterocycles. The highest BCUT2D eigenvalue weighted by molar-refractivity contribution is 5.89. The minimum atomic E-state index is -1.19.